The highest BCUT2D eigenvalue weighted by molar-refractivity contribution is 5.97. The zero-order chi connectivity index (χ0) is 24.4. The second-order valence-corrected chi connectivity index (χ2v) is 8.82. The maximum atomic E-state index is 12.2. The highest BCUT2D eigenvalue weighted by Gasteiger charge is 2.29. The van der Waals surface area contributed by atoms with Crippen LogP contribution < -0.4 is 14.5 Å². The summed E-state index contributed by atoms with van der Waals surface area (Å²) in [7, 11) is 1.59. The number of benzene rings is 2. The zero-order valence-electron chi connectivity index (χ0n) is 20.1. The van der Waals surface area contributed by atoms with Crippen LogP contribution in [0.4, 0.5) is 11.5 Å². The third kappa shape index (κ3) is 4.47. The van der Waals surface area contributed by atoms with Gasteiger partial charge in [-0.25, -0.2) is 0 Å². The van der Waals surface area contributed by atoms with E-state index in [2.05, 4.69) is 65.0 Å². The molecule has 2 aromatic carbocycles. The number of ether oxygens (including phenoxy) is 1. The fourth-order valence-electron chi connectivity index (χ4n) is 5.03. The molecule has 2 aliphatic heterocycles. The average Bonchev–Trinajstić information content (AvgIpc) is 2.90. The second-order valence-electron chi connectivity index (χ2n) is 8.82. The molecule has 8 heteroatoms. The first-order valence-electron chi connectivity index (χ1n) is 11.9. The lowest BCUT2D eigenvalue weighted by Crippen LogP contribution is -2.49. The van der Waals surface area contributed by atoms with E-state index in [4.69, 9.17) is 19.8 Å². The maximum absolute atomic E-state index is 12.2. The quantitative estimate of drug-likeness (QED) is 0.586. The minimum Gasteiger partial charge on any atom is -0.467 e. The van der Waals surface area contributed by atoms with E-state index in [0.29, 0.717) is 38.7 Å². The lowest BCUT2D eigenvalue weighted by Gasteiger charge is -2.37. The molecular weight excluding hydrogens is 442 g/mol. The fourth-order valence-corrected chi connectivity index (χ4v) is 5.03. The standard InChI is InChI=1S/C27H29N5O3/c1-19-6-3-7-20-8-4-9-23(25(19)20)32-12-11-21-22(18-32)28-27(35-2)29-26(21)31-15-13-30(14-16-31)24(34)10-5-17-33/h3-4,6-9,33H,11-18H2,1-2H3. The highest BCUT2D eigenvalue weighted by atomic mass is 16.5. The topological polar surface area (TPSA) is 82.0 Å². The van der Waals surface area contributed by atoms with Gasteiger partial charge < -0.3 is 24.5 Å². The van der Waals surface area contributed by atoms with Gasteiger partial charge in [0.2, 0.25) is 0 Å². The van der Waals surface area contributed by atoms with E-state index in [-0.39, 0.29) is 12.5 Å². The molecule has 0 radical (unpaired) electrons. The van der Waals surface area contributed by atoms with E-state index in [1.807, 2.05) is 0 Å². The summed E-state index contributed by atoms with van der Waals surface area (Å²) in [5.41, 5.74) is 4.62. The number of hydrogen-bond donors (Lipinski definition) is 1. The predicted molar refractivity (Wildman–Crippen MR) is 136 cm³/mol. The van der Waals surface area contributed by atoms with Gasteiger partial charge in [-0.2, -0.15) is 9.97 Å². The number of carbonyl (C=O) groups is 1. The Balaban J connectivity index is 1.42. The van der Waals surface area contributed by atoms with Gasteiger partial charge >= 0.3 is 6.01 Å². The molecule has 0 aliphatic carbocycles. The van der Waals surface area contributed by atoms with Crippen LogP contribution in [0.15, 0.2) is 36.4 Å². The Hall–Kier alpha value is -3.83. The molecule has 3 heterocycles. The Morgan fingerprint density at radius 1 is 1.06 bits per heavy atom. The molecule has 1 N–H and O–H groups in total. The van der Waals surface area contributed by atoms with Gasteiger partial charge in [0.25, 0.3) is 5.91 Å². The number of aryl methyl sites for hydroxylation is 1. The van der Waals surface area contributed by atoms with Crippen LogP contribution in [0.25, 0.3) is 10.8 Å². The molecule has 3 aromatic rings. The summed E-state index contributed by atoms with van der Waals surface area (Å²) in [6.07, 6.45) is 0.831. The minimum atomic E-state index is -0.312. The number of carbonyl (C=O) groups excluding carboxylic acids is 1. The molecule has 5 rings (SSSR count). The third-order valence-electron chi connectivity index (χ3n) is 6.78. The normalized spacial score (nSPS) is 15.5. The molecule has 0 unspecified atom stereocenters. The Kier molecular flexibility index (Phi) is 6.43. The Morgan fingerprint density at radius 3 is 2.57 bits per heavy atom. The molecule has 1 aromatic heterocycles. The molecule has 1 fully saturated rings. The molecule has 1 saturated heterocycles. The predicted octanol–water partition coefficient (Wildman–Crippen LogP) is 2.15. The van der Waals surface area contributed by atoms with Crippen LogP contribution in [0.1, 0.15) is 16.8 Å². The van der Waals surface area contributed by atoms with E-state index in [9.17, 15) is 4.79 Å². The molecule has 0 spiro atoms. The third-order valence-corrected chi connectivity index (χ3v) is 6.78. The second kappa shape index (κ2) is 9.80. The van der Waals surface area contributed by atoms with Crippen molar-refractivity contribution in [2.75, 3.05) is 56.2 Å². The number of amides is 1. The lowest BCUT2D eigenvalue weighted by molar-refractivity contribution is -0.125. The lowest BCUT2D eigenvalue weighted by atomic mass is 9.99. The molecule has 35 heavy (non-hydrogen) atoms. The highest BCUT2D eigenvalue weighted by Crippen LogP contribution is 2.35. The Morgan fingerprint density at radius 2 is 1.83 bits per heavy atom. The number of rotatable bonds is 3. The summed E-state index contributed by atoms with van der Waals surface area (Å²) in [6.45, 7) is 5.84. The van der Waals surface area contributed by atoms with Crippen molar-refractivity contribution in [3.8, 4) is 17.9 Å². The summed E-state index contributed by atoms with van der Waals surface area (Å²) in [6, 6.07) is 13.2. The summed E-state index contributed by atoms with van der Waals surface area (Å²) < 4.78 is 5.47. The first-order valence-corrected chi connectivity index (χ1v) is 11.9. The van der Waals surface area contributed by atoms with Gasteiger partial charge in [-0.05, 0) is 36.3 Å². The van der Waals surface area contributed by atoms with Crippen molar-refractivity contribution in [3.05, 3.63) is 53.2 Å². The van der Waals surface area contributed by atoms with Crippen LogP contribution in [0.2, 0.25) is 0 Å². The average molecular weight is 472 g/mol. The van der Waals surface area contributed by atoms with Crippen molar-refractivity contribution in [2.45, 2.75) is 19.9 Å². The molecule has 0 bridgehead atoms. The van der Waals surface area contributed by atoms with Gasteiger partial charge in [0.15, 0.2) is 0 Å². The monoisotopic (exact) mass is 471 g/mol. The van der Waals surface area contributed by atoms with Crippen molar-refractivity contribution in [1.82, 2.24) is 14.9 Å². The molecule has 2 aliphatic rings. The summed E-state index contributed by atoms with van der Waals surface area (Å²) in [5, 5.41) is 11.4. The van der Waals surface area contributed by atoms with Crippen LogP contribution in [0, 0.1) is 18.8 Å². The molecule has 0 saturated carbocycles. The van der Waals surface area contributed by atoms with Gasteiger partial charge in [0.05, 0.1) is 19.3 Å². The van der Waals surface area contributed by atoms with Crippen molar-refractivity contribution in [2.24, 2.45) is 0 Å². The van der Waals surface area contributed by atoms with Crippen molar-refractivity contribution >= 4 is 28.2 Å². The number of nitrogens with zero attached hydrogens (tertiary/aromatic N) is 5. The number of fused-ring (bicyclic) bond motifs is 2. The van der Waals surface area contributed by atoms with Crippen LogP contribution in [0.3, 0.4) is 0 Å². The van der Waals surface area contributed by atoms with Crippen LogP contribution in [0.5, 0.6) is 6.01 Å². The Labute approximate surface area is 205 Å². The first kappa shape index (κ1) is 22.9. The molecular formula is C27H29N5O3. The number of anilines is 2. The minimum absolute atomic E-state index is 0.248. The molecule has 8 nitrogen and oxygen atoms in total. The van der Waals surface area contributed by atoms with Crippen molar-refractivity contribution in [1.29, 1.82) is 0 Å². The zero-order valence-corrected chi connectivity index (χ0v) is 20.1. The SMILES string of the molecule is COc1nc2c(c(N3CCN(C(=O)C#CCO)CC3)n1)CCN(c1cccc3cccc(C)c13)C2. The smallest absolute Gasteiger partial charge is 0.318 e. The molecule has 180 valence electrons. The van der Waals surface area contributed by atoms with Gasteiger partial charge in [0.1, 0.15) is 12.4 Å². The molecule has 0 atom stereocenters. The number of methoxy groups -OCH3 is 1. The summed E-state index contributed by atoms with van der Waals surface area (Å²) in [4.78, 5) is 28.0. The number of hydrogen-bond acceptors (Lipinski definition) is 7. The van der Waals surface area contributed by atoms with Crippen LogP contribution in [-0.4, -0.2) is 72.3 Å². The summed E-state index contributed by atoms with van der Waals surface area (Å²) in [5.74, 6) is 5.56. The maximum Gasteiger partial charge on any atom is 0.318 e. The van der Waals surface area contributed by atoms with E-state index in [0.717, 1.165) is 30.0 Å². The van der Waals surface area contributed by atoms with Crippen molar-refractivity contribution < 1.29 is 14.6 Å². The number of aliphatic hydroxyl groups excluding tert-OH is 1. The van der Waals surface area contributed by atoms with Gasteiger partial charge in [0, 0.05) is 49.4 Å². The van der Waals surface area contributed by atoms with Crippen LogP contribution in [-0.2, 0) is 17.8 Å². The number of piperazine rings is 1. The van der Waals surface area contributed by atoms with Gasteiger partial charge in [-0.15, -0.1) is 0 Å². The largest absolute Gasteiger partial charge is 0.467 e. The van der Waals surface area contributed by atoms with Crippen LogP contribution >= 0.6 is 0 Å². The Bertz CT molecular complexity index is 1320. The van der Waals surface area contributed by atoms with E-state index in [1.165, 1.54) is 22.0 Å². The number of aromatic nitrogens is 2. The van der Waals surface area contributed by atoms with E-state index >= 15 is 0 Å². The fraction of sp³-hybridized carbons (Fsp3) is 0.370. The van der Waals surface area contributed by atoms with Gasteiger partial charge in [-0.1, -0.05) is 36.3 Å². The van der Waals surface area contributed by atoms with Gasteiger partial charge in [-0.3, -0.25) is 4.79 Å². The van der Waals surface area contributed by atoms with Crippen molar-refractivity contribution in [3.63, 3.8) is 0 Å². The molecule has 1 amide bonds. The number of aliphatic hydroxyl groups is 1. The first-order chi connectivity index (χ1) is 17.1. The summed E-state index contributed by atoms with van der Waals surface area (Å²) >= 11 is 0. The van der Waals surface area contributed by atoms with E-state index < -0.39 is 0 Å². The van der Waals surface area contributed by atoms with E-state index in [1.54, 1.807) is 12.0 Å².